The summed E-state index contributed by atoms with van der Waals surface area (Å²) in [5, 5.41) is 4.01. The molecule has 1 aliphatic heterocycles. The number of urea groups is 1. The molecule has 1 aromatic carbocycles. The fourth-order valence-corrected chi connectivity index (χ4v) is 2.89. The predicted molar refractivity (Wildman–Crippen MR) is 87.0 cm³/mol. The van der Waals surface area contributed by atoms with E-state index in [-0.39, 0.29) is 12.1 Å². The molecule has 1 aliphatic rings. The van der Waals surface area contributed by atoms with E-state index in [9.17, 15) is 4.79 Å². The number of hydrogen-bond donors (Lipinski definition) is 1. The van der Waals surface area contributed by atoms with E-state index < -0.39 is 0 Å². The number of piperidine rings is 1. The summed E-state index contributed by atoms with van der Waals surface area (Å²) in [6.45, 7) is 4.10. The highest BCUT2D eigenvalue weighted by atomic mass is 16.5. The molecule has 22 heavy (non-hydrogen) atoms. The fourth-order valence-electron chi connectivity index (χ4n) is 2.89. The van der Waals surface area contributed by atoms with Gasteiger partial charge in [0.25, 0.3) is 0 Å². The maximum Gasteiger partial charge on any atom is 0.321 e. The van der Waals surface area contributed by atoms with Gasteiger partial charge in [-0.3, -0.25) is 4.98 Å². The minimum Gasteiger partial charge on any atom is -0.377 e. The van der Waals surface area contributed by atoms with E-state index in [1.165, 1.54) is 0 Å². The predicted octanol–water partition coefficient (Wildman–Crippen LogP) is 3.27. The number of pyridine rings is 1. The molecular weight excluding hydrogens is 278 g/mol. The number of hydrogen-bond acceptors (Lipinski definition) is 3. The molecule has 1 fully saturated rings. The number of benzene rings is 1. The molecule has 0 saturated carbocycles. The Morgan fingerprint density at radius 3 is 3.14 bits per heavy atom. The van der Waals surface area contributed by atoms with Gasteiger partial charge in [-0.15, -0.1) is 0 Å². The SMILES string of the molecule is CCOC1CCCN(C(=O)Nc2cccc3cccnc23)C1. The van der Waals surface area contributed by atoms with Crippen LogP contribution in [0, 0.1) is 0 Å². The second-order valence-corrected chi connectivity index (χ2v) is 5.48. The van der Waals surface area contributed by atoms with Crippen LogP contribution in [-0.4, -0.2) is 41.7 Å². The maximum atomic E-state index is 12.5. The lowest BCUT2D eigenvalue weighted by Gasteiger charge is -2.32. The number of rotatable bonds is 3. The van der Waals surface area contributed by atoms with E-state index in [0.29, 0.717) is 13.2 Å². The van der Waals surface area contributed by atoms with Crippen molar-refractivity contribution in [2.24, 2.45) is 0 Å². The third-order valence-electron chi connectivity index (χ3n) is 3.94. The van der Waals surface area contributed by atoms with Crippen molar-refractivity contribution in [3.8, 4) is 0 Å². The molecule has 0 radical (unpaired) electrons. The van der Waals surface area contributed by atoms with Crippen molar-refractivity contribution in [1.82, 2.24) is 9.88 Å². The number of anilines is 1. The molecule has 0 spiro atoms. The first-order valence-electron chi connectivity index (χ1n) is 7.79. The van der Waals surface area contributed by atoms with Gasteiger partial charge in [-0.25, -0.2) is 4.79 Å². The van der Waals surface area contributed by atoms with Crippen molar-refractivity contribution in [3.63, 3.8) is 0 Å². The molecule has 0 bridgehead atoms. The molecule has 1 unspecified atom stereocenters. The lowest BCUT2D eigenvalue weighted by molar-refractivity contribution is 0.0181. The summed E-state index contributed by atoms with van der Waals surface area (Å²) >= 11 is 0. The van der Waals surface area contributed by atoms with Crippen molar-refractivity contribution in [3.05, 3.63) is 36.5 Å². The third kappa shape index (κ3) is 3.20. The maximum absolute atomic E-state index is 12.5. The summed E-state index contributed by atoms with van der Waals surface area (Å²) < 4.78 is 5.65. The van der Waals surface area contributed by atoms with Crippen LogP contribution in [-0.2, 0) is 4.74 Å². The molecule has 2 heterocycles. The van der Waals surface area contributed by atoms with Crippen molar-refractivity contribution >= 4 is 22.6 Å². The van der Waals surface area contributed by atoms with Crippen LogP contribution in [0.4, 0.5) is 10.5 Å². The highest BCUT2D eigenvalue weighted by Gasteiger charge is 2.24. The molecule has 1 atom stereocenters. The number of para-hydroxylation sites is 1. The third-order valence-corrected chi connectivity index (χ3v) is 3.94. The summed E-state index contributed by atoms with van der Waals surface area (Å²) in [5.74, 6) is 0. The number of fused-ring (bicyclic) bond motifs is 1. The number of nitrogens with one attached hydrogen (secondary N) is 1. The highest BCUT2D eigenvalue weighted by molar-refractivity contribution is 5.99. The molecule has 2 aromatic rings. The molecule has 5 heteroatoms. The Balaban J connectivity index is 1.73. The van der Waals surface area contributed by atoms with Crippen LogP contribution in [0.5, 0.6) is 0 Å². The van der Waals surface area contributed by atoms with Gasteiger partial charge in [0.15, 0.2) is 0 Å². The van der Waals surface area contributed by atoms with Crippen molar-refractivity contribution < 1.29 is 9.53 Å². The van der Waals surface area contributed by atoms with Crippen LogP contribution in [0.2, 0.25) is 0 Å². The van der Waals surface area contributed by atoms with Gasteiger partial charge in [0.1, 0.15) is 0 Å². The number of ether oxygens (including phenoxy) is 1. The number of aromatic nitrogens is 1. The molecule has 5 nitrogen and oxygen atoms in total. The molecule has 1 saturated heterocycles. The average Bonchev–Trinajstić information content (AvgIpc) is 2.56. The van der Waals surface area contributed by atoms with E-state index in [1.807, 2.05) is 42.2 Å². The second kappa shape index (κ2) is 6.75. The minimum absolute atomic E-state index is 0.0810. The summed E-state index contributed by atoms with van der Waals surface area (Å²) in [7, 11) is 0. The zero-order valence-corrected chi connectivity index (χ0v) is 12.8. The summed E-state index contributed by atoms with van der Waals surface area (Å²) in [4.78, 5) is 18.7. The van der Waals surface area contributed by atoms with Crippen LogP contribution >= 0.6 is 0 Å². The van der Waals surface area contributed by atoms with Gasteiger partial charge in [0, 0.05) is 31.3 Å². The molecular formula is C17H21N3O2. The van der Waals surface area contributed by atoms with E-state index in [0.717, 1.165) is 36.0 Å². The highest BCUT2D eigenvalue weighted by Crippen LogP contribution is 2.22. The molecule has 1 N–H and O–H groups in total. The van der Waals surface area contributed by atoms with Gasteiger partial charge in [0.05, 0.1) is 17.3 Å². The first kappa shape index (κ1) is 14.8. The van der Waals surface area contributed by atoms with E-state index in [1.54, 1.807) is 6.20 Å². The molecule has 116 valence electrons. The van der Waals surface area contributed by atoms with Crippen LogP contribution in [0.15, 0.2) is 36.5 Å². The normalized spacial score (nSPS) is 18.4. The van der Waals surface area contributed by atoms with Gasteiger partial charge in [-0.2, -0.15) is 0 Å². The summed E-state index contributed by atoms with van der Waals surface area (Å²) in [6.07, 6.45) is 3.89. The van der Waals surface area contributed by atoms with Crippen LogP contribution in [0.3, 0.4) is 0 Å². The molecule has 0 aliphatic carbocycles. The quantitative estimate of drug-likeness (QED) is 0.946. The number of likely N-dealkylation sites (tertiary alicyclic amines) is 1. The van der Waals surface area contributed by atoms with Crippen molar-refractivity contribution in [2.75, 3.05) is 25.0 Å². The van der Waals surface area contributed by atoms with Gasteiger partial charge >= 0.3 is 6.03 Å². The van der Waals surface area contributed by atoms with Crippen LogP contribution in [0.25, 0.3) is 10.9 Å². The second-order valence-electron chi connectivity index (χ2n) is 5.48. The number of amides is 2. The largest absolute Gasteiger partial charge is 0.377 e. The van der Waals surface area contributed by atoms with E-state index in [4.69, 9.17) is 4.74 Å². The molecule has 2 amide bonds. The van der Waals surface area contributed by atoms with Gasteiger partial charge in [0.2, 0.25) is 0 Å². The Bertz CT molecular complexity index is 652. The lowest BCUT2D eigenvalue weighted by atomic mass is 10.1. The first-order chi connectivity index (χ1) is 10.8. The Kier molecular flexibility index (Phi) is 4.53. The van der Waals surface area contributed by atoms with Crippen LogP contribution < -0.4 is 5.32 Å². The Labute approximate surface area is 130 Å². The zero-order valence-electron chi connectivity index (χ0n) is 12.8. The lowest BCUT2D eigenvalue weighted by Crippen LogP contribution is -2.45. The summed E-state index contributed by atoms with van der Waals surface area (Å²) in [6, 6.07) is 9.61. The smallest absolute Gasteiger partial charge is 0.321 e. The van der Waals surface area contributed by atoms with Crippen molar-refractivity contribution in [1.29, 1.82) is 0 Å². The number of carbonyl (C=O) groups excluding carboxylic acids is 1. The number of nitrogens with zero attached hydrogens (tertiary/aromatic N) is 2. The first-order valence-corrected chi connectivity index (χ1v) is 7.79. The average molecular weight is 299 g/mol. The Morgan fingerprint density at radius 1 is 1.41 bits per heavy atom. The fraction of sp³-hybridized carbons (Fsp3) is 0.412. The van der Waals surface area contributed by atoms with Crippen molar-refractivity contribution in [2.45, 2.75) is 25.9 Å². The zero-order chi connectivity index (χ0) is 15.4. The molecule has 1 aromatic heterocycles. The monoisotopic (exact) mass is 299 g/mol. The Hall–Kier alpha value is -2.14. The van der Waals surface area contributed by atoms with E-state index >= 15 is 0 Å². The van der Waals surface area contributed by atoms with E-state index in [2.05, 4.69) is 10.3 Å². The number of carbonyl (C=O) groups is 1. The van der Waals surface area contributed by atoms with Crippen LogP contribution in [0.1, 0.15) is 19.8 Å². The topological polar surface area (TPSA) is 54.5 Å². The van der Waals surface area contributed by atoms with Gasteiger partial charge in [-0.05, 0) is 31.9 Å². The standard InChI is InChI=1S/C17H21N3O2/c1-2-22-14-8-5-11-20(12-14)17(21)19-15-9-3-6-13-7-4-10-18-16(13)15/h3-4,6-7,9-10,14H,2,5,8,11-12H2,1H3,(H,19,21). The van der Waals surface area contributed by atoms with Gasteiger partial charge < -0.3 is 15.0 Å². The van der Waals surface area contributed by atoms with Gasteiger partial charge in [-0.1, -0.05) is 18.2 Å². The summed E-state index contributed by atoms with van der Waals surface area (Å²) in [5.41, 5.74) is 1.57. The Morgan fingerprint density at radius 2 is 2.27 bits per heavy atom. The molecule has 3 rings (SSSR count). The minimum atomic E-state index is -0.0810.